The largest absolute Gasteiger partial charge is 0.504 e. The Morgan fingerprint density at radius 1 is 1.17 bits per heavy atom. The number of phenols is 1. The molecule has 0 aliphatic carbocycles. The van der Waals surface area contributed by atoms with E-state index in [-0.39, 0.29) is 5.75 Å². The van der Waals surface area contributed by atoms with E-state index in [4.69, 9.17) is 9.15 Å². The second kappa shape index (κ2) is 6.74. The van der Waals surface area contributed by atoms with Gasteiger partial charge < -0.3 is 14.3 Å². The molecule has 3 rings (SSSR count). The van der Waals surface area contributed by atoms with Crippen LogP contribution in [0.15, 0.2) is 69.7 Å². The fourth-order valence-electron chi connectivity index (χ4n) is 2.08. The van der Waals surface area contributed by atoms with Gasteiger partial charge >= 0.3 is 0 Å². The zero-order valence-electron chi connectivity index (χ0n) is 12.5. The zero-order chi connectivity index (χ0) is 16.1. The third-order valence-corrected chi connectivity index (χ3v) is 3.27. The number of hydrogen-bond donors (Lipinski definition) is 1. The second-order valence-electron chi connectivity index (χ2n) is 4.82. The maximum Gasteiger partial charge on any atom is 0.181 e. The predicted octanol–water partition coefficient (Wildman–Crippen LogP) is 4.34. The molecule has 1 heterocycles. The van der Waals surface area contributed by atoms with Crippen LogP contribution in [-0.2, 0) is 6.54 Å². The van der Waals surface area contributed by atoms with Gasteiger partial charge in [-0.2, -0.15) is 10.2 Å². The Morgan fingerprint density at radius 3 is 2.65 bits per heavy atom. The van der Waals surface area contributed by atoms with Crippen molar-refractivity contribution in [2.45, 2.75) is 6.54 Å². The van der Waals surface area contributed by atoms with E-state index < -0.39 is 0 Å². The Labute approximate surface area is 133 Å². The van der Waals surface area contributed by atoms with Crippen LogP contribution in [0.5, 0.6) is 11.5 Å². The van der Waals surface area contributed by atoms with E-state index in [9.17, 15) is 5.11 Å². The second-order valence-corrected chi connectivity index (χ2v) is 4.82. The molecule has 1 N–H and O–H groups in total. The third-order valence-electron chi connectivity index (χ3n) is 3.27. The number of methoxy groups -OCH3 is 1. The molecule has 0 bridgehead atoms. The number of oxazole rings is 1. The first kappa shape index (κ1) is 14.8. The molecule has 0 fully saturated rings. The van der Waals surface area contributed by atoms with Crippen LogP contribution < -0.4 is 4.74 Å². The lowest BCUT2D eigenvalue weighted by atomic mass is 10.2. The quantitative estimate of drug-likeness (QED) is 0.711. The summed E-state index contributed by atoms with van der Waals surface area (Å²) in [7, 11) is 1.51. The Hall–Kier alpha value is -3.15. The van der Waals surface area contributed by atoms with Crippen molar-refractivity contribution >= 4 is 5.69 Å². The maximum atomic E-state index is 9.72. The average molecular weight is 309 g/mol. The number of aromatic hydroxyl groups is 1. The first-order valence-corrected chi connectivity index (χ1v) is 6.98. The highest BCUT2D eigenvalue weighted by molar-refractivity contribution is 5.59. The van der Waals surface area contributed by atoms with Crippen LogP contribution >= 0.6 is 0 Å². The van der Waals surface area contributed by atoms with Crippen LogP contribution in [-0.4, -0.2) is 17.2 Å². The van der Waals surface area contributed by atoms with E-state index in [1.807, 2.05) is 30.3 Å². The van der Waals surface area contributed by atoms with Crippen LogP contribution in [0, 0.1) is 0 Å². The van der Waals surface area contributed by atoms with Gasteiger partial charge in [-0.25, -0.2) is 4.98 Å². The highest BCUT2D eigenvalue weighted by atomic mass is 16.5. The van der Waals surface area contributed by atoms with Gasteiger partial charge in [-0.3, -0.25) is 0 Å². The molecule has 0 aliphatic rings. The molecule has 2 aromatic carbocycles. The van der Waals surface area contributed by atoms with E-state index in [2.05, 4.69) is 15.2 Å². The van der Waals surface area contributed by atoms with Gasteiger partial charge in [0, 0.05) is 5.56 Å². The minimum atomic E-state index is 0.0941. The van der Waals surface area contributed by atoms with Crippen molar-refractivity contribution in [1.29, 1.82) is 0 Å². The highest BCUT2D eigenvalue weighted by Gasteiger charge is 2.02. The van der Waals surface area contributed by atoms with Gasteiger partial charge in [0.1, 0.15) is 0 Å². The van der Waals surface area contributed by atoms with Crippen LogP contribution in [0.25, 0.3) is 11.3 Å². The SMILES string of the molecule is COc1ccc(CN=Nc2ccc(-c3cnco3)cc2)cc1O. The van der Waals surface area contributed by atoms with Gasteiger partial charge in [0.2, 0.25) is 0 Å². The molecule has 0 atom stereocenters. The summed E-state index contributed by atoms with van der Waals surface area (Å²) in [5.41, 5.74) is 2.53. The zero-order valence-corrected chi connectivity index (χ0v) is 12.5. The Morgan fingerprint density at radius 2 is 2.00 bits per heavy atom. The van der Waals surface area contributed by atoms with E-state index >= 15 is 0 Å². The molecule has 3 aromatic rings. The van der Waals surface area contributed by atoms with Crippen molar-refractivity contribution in [3.8, 4) is 22.8 Å². The van der Waals surface area contributed by atoms with Crippen molar-refractivity contribution < 1.29 is 14.3 Å². The Balaban J connectivity index is 1.65. The van der Waals surface area contributed by atoms with Gasteiger partial charge in [0.15, 0.2) is 23.7 Å². The van der Waals surface area contributed by atoms with Gasteiger partial charge in [-0.15, -0.1) is 0 Å². The van der Waals surface area contributed by atoms with Gasteiger partial charge in [0.05, 0.1) is 25.5 Å². The van der Waals surface area contributed by atoms with E-state index in [1.165, 1.54) is 13.5 Å². The number of rotatable bonds is 5. The standard InChI is InChI=1S/C17H15N3O3/c1-22-16-7-2-12(8-15(16)21)9-19-20-14-5-3-13(4-6-14)17-10-18-11-23-17/h2-8,10-11,21H,9H2,1H3. The fourth-order valence-corrected chi connectivity index (χ4v) is 2.08. The van der Waals surface area contributed by atoms with Crippen molar-refractivity contribution in [2.24, 2.45) is 10.2 Å². The smallest absolute Gasteiger partial charge is 0.181 e. The molecular weight excluding hydrogens is 294 g/mol. The lowest BCUT2D eigenvalue weighted by Crippen LogP contribution is -1.86. The molecular formula is C17H15N3O3. The molecule has 0 saturated heterocycles. The van der Waals surface area contributed by atoms with Crippen molar-refractivity contribution in [3.63, 3.8) is 0 Å². The summed E-state index contributed by atoms with van der Waals surface area (Å²) in [5.74, 6) is 1.24. The lowest BCUT2D eigenvalue weighted by Gasteiger charge is -2.04. The van der Waals surface area contributed by atoms with E-state index in [1.54, 1.807) is 18.3 Å². The topological polar surface area (TPSA) is 80.2 Å². The van der Waals surface area contributed by atoms with Gasteiger partial charge in [-0.05, 0) is 42.0 Å². The van der Waals surface area contributed by atoms with Crippen LogP contribution in [0.2, 0.25) is 0 Å². The molecule has 0 spiro atoms. The number of nitrogens with zero attached hydrogens (tertiary/aromatic N) is 3. The molecule has 116 valence electrons. The van der Waals surface area contributed by atoms with E-state index in [0.29, 0.717) is 18.1 Å². The number of ether oxygens (including phenoxy) is 1. The molecule has 0 aliphatic heterocycles. The minimum absolute atomic E-state index is 0.0941. The summed E-state index contributed by atoms with van der Waals surface area (Å²) in [6, 6.07) is 12.7. The monoisotopic (exact) mass is 309 g/mol. The maximum absolute atomic E-state index is 9.72. The number of hydrogen-bond acceptors (Lipinski definition) is 6. The summed E-state index contributed by atoms with van der Waals surface area (Å²) in [5, 5.41) is 18.0. The van der Waals surface area contributed by atoms with Gasteiger partial charge in [-0.1, -0.05) is 6.07 Å². The summed E-state index contributed by atoms with van der Waals surface area (Å²) < 4.78 is 10.2. The first-order chi connectivity index (χ1) is 11.3. The Kier molecular flexibility index (Phi) is 4.33. The molecule has 6 heteroatoms. The third kappa shape index (κ3) is 3.55. The first-order valence-electron chi connectivity index (χ1n) is 6.98. The summed E-state index contributed by atoms with van der Waals surface area (Å²) in [6.07, 6.45) is 3.06. The van der Waals surface area contributed by atoms with Crippen LogP contribution in [0.4, 0.5) is 5.69 Å². The van der Waals surface area contributed by atoms with Gasteiger partial charge in [0.25, 0.3) is 0 Å². The Bertz CT molecular complexity index is 796. The lowest BCUT2D eigenvalue weighted by molar-refractivity contribution is 0.373. The highest BCUT2D eigenvalue weighted by Crippen LogP contribution is 2.27. The summed E-state index contributed by atoms with van der Waals surface area (Å²) in [4.78, 5) is 3.89. The predicted molar refractivity (Wildman–Crippen MR) is 84.8 cm³/mol. The van der Waals surface area contributed by atoms with Crippen LogP contribution in [0.1, 0.15) is 5.56 Å². The normalized spacial score (nSPS) is 11.0. The molecule has 6 nitrogen and oxygen atoms in total. The molecule has 1 aromatic heterocycles. The number of azo groups is 1. The van der Waals surface area contributed by atoms with Crippen molar-refractivity contribution in [1.82, 2.24) is 4.98 Å². The molecule has 23 heavy (non-hydrogen) atoms. The summed E-state index contributed by atoms with van der Waals surface area (Å²) in [6.45, 7) is 0.376. The molecule has 0 saturated carbocycles. The number of aromatic nitrogens is 1. The average Bonchev–Trinajstić information content (AvgIpc) is 3.10. The minimum Gasteiger partial charge on any atom is -0.504 e. The summed E-state index contributed by atoms with van der Waals surface area (Å²) >= 11 is 0. The van der Waals surface area contributed by atoms with Crippen molar-refractivity contribution in [3.05, 3.63) is 60.6 Å². The van der Waals surface area contributed by atoms with Crippen molar-refractivity contribution in [2.75, 3.05) is 7.11 Å². The number of benzene rings is 2. The molecule has 0 unspecified atom stereocenters. The fraction of sp³-hybridized carbons (Fsp3) is 0.118. The number of phenolic OH excluding ortho intramolecular Hbond substituents is 1. The molecule has 0 radical (unpaired) electrons. The van der Waals surface area contributed by atoms with Crippen LogP contribution in [0.3, 0.4) is 0 Å². The van der Waals surface area contributed by atoms with E-state index in [0.717, 1.165) is 16.8 Å². The molecule has 0 amide bonds.